The molecule has 0 saturated carbocycles. The van der Waals surface area contributed by atoms with Crippen molar-refractivity contribution in [1.29, 1.82) is 0 Å². The number of allylic oxidation sites excluding steroid dienone is 1. The number of aliphatic hydroxyl groups is 1. The summed E-state index contributed by atoms with van der Waals surface area (Å²) in [7, 11) is 0. The molecule has 0 amide bonds. The third kappa shape index (κ3) is 3.45. The zero-order chi connectivity index (χ0) is 23.4. The Bertz CT molecular complexity index is 1370. The Kier molecular flexibility index (Phi) is 4.89. The second-order valence-electron chi connectivity index (χ2n) is 9.92. The number of aromatic amines is 1. The molecule has 3 aromatic heterocycles. The summed E-state index contributed by atoms with van der Waals surface area (Å²) in [4.78, 5) is 15.1. The van der Waals surface area contributed by atoms with Gasteiger partial charge in [-0.05, 0) is 37.3 Å². The van der Waals surface area contributed by atoms with Gasteiger partial charge in [-0.3, -0.25) is 4.40 Å². The van der Waals surface area contributed by atoms with Gasteiger partial charge in [0.05, 0.1) is 54.9 Å². The van der Waals surface area contributed by atoms with Crippen molar-refractivity contribution in [2.75, 3.05) is 26.4 Å². The van der Waals surface area contributed by atoms with Gasteiger partial charge in [0.1, 0.15) is 11.6 Å². The van der Waals surface area contributed by atoms with E-state index < -0.39 is 6.10 Å². The van der Waals surface area contributed by atoms with Crippen LogP contribution in [-0.4, -0.2) is 61.8 Å². The van der Waals surface area contributed by atoms with Crippen LogP contribution in [0.15, 0.2) is 55.0 Å². The number of rotatable bonds is 6. The molecule has 8 nitrogen and oxygen atoms in total. The number of nitrogens with one attached hydrogen (secondary N) is 1. The number of aliphatic hydroxyl groups excluding tert-OH is 1. The zero-order valence-electron chi connectivity index (χ0n) is 19.5. The summed E-state index contributed by atoms with van der Waals surface area (Å²) < 4.78 is 13.5. The first-order valence-electron chi connectivity index (χ1n) is 11.7. The fraction of sp³-hybridized carbons (Fsp3) is 0.385. The molecule has 2 aliphatic heterocycles. The molecule has 4 aromatic rings. The molecule has 2 unspecified atom stereocenters. The molecule has 6 rings (SSSR count). The highest BCUT2D eigenvalue weighted by molar-refractivity contribution is 5.84. The van der Waals surface area contributed by atoms with Gasteiger partial charge in [0.15, 0.2) is 5.65 Å². The van der Waals surface area contributed by atoms with Gasteiger partial charge in [-0.15, -0.1) is 0 Å². The predicted octanol–water partition coefficient (Wildman–Crippen LogP) is 3.93. The molecule has 176 valence electrons. The van der Waals surface area contributed by atoms with E-state index >= 15 is 0 Å². The highest BCUT2D eigenvalue weighted by Gasteiger charge is 2.36. The summed E-state index contributed by atoms with van der Waals surface area (Å²) in [5.74, 6) is 1.72. The van der Waals surface area contributed by atoms with Crippen LogP contribution in [0.1, 0.15) is 32.1 Å². The molecule has 2 atom stereocenters. The van der Waals surface area contributed by atoms with E-state index in [9.17, 15) is 5.11 Å². The van der Waals surface area contributed by atoms with Crippen LogP contribution in [0.3, 0.4) is 0 Å². The lowest BCUT2D eigenvalue weighted by Gasteiger charge is -2.37. The molecular weight excluding hydrogens is 430 g/mol. The first-order chi connectivity index (χ1) is 16.4. The van der Waals surface area contributed by atoms with Crippen molar-refractivity contribution in [3.8, 4) is 17.0 Å². The van der Waals surface area contributed by atoms with Gasteiger partial charge >= 0.3 is 0 Å². The Morgan fingerprint density at radius 3 is 2.76 bits per heavy atom. The SMILES string of the molecule is C=C(C)N1CC(O)CC1c1nc(-c2ccc(OCC3(C)COC3)cc2)c2cnc3[nH]ccc3n12. The Morgan fingerprint density at radius 2 is 2.06 bits per heavy atom. The number of likely N-dealkylation sites (tertiary alicyclic amines) is 1. The summed E-state index contributed by atoms with van der Waals surface area (Å²) in [6.45, 7) is 11.0. The largest absolute Gasteiger partial charge is 0.493 e. The highest BCUT2D eigenvalue weighted by Crippen LogP contribution is 2.38. The molecule has 5 heterocycles. The third-order valence-electron chi connectivity index (χ3n) is 6.88. The molecule has 0 spiro atoms. The van der Waals surface area contributed by atoms with E-state index in [0.29, 0.717) is 19.6 Å². The van der Waals surface area contributed by atoms with Crippen LogP contribution in [0, 0.1) is 5.41 Å². The van der Waals surface area contributed by atoms with Crippen molar-refractivity contribution in [2.24, 2.45) is 5.41 Å². The molecular formula is C26H29N5O3. The van der Waals surface area contributed by atoms with Gasteiger partial charge in [0.25, 0.3) is 0 Å². The minimum atomic E-state index is -0.416. The van der Waals surface area contributed by atoms with E-state index in [-0.39, 0.29) is 11.5 Å². The third-order valence-corrected chi connectivity index (χ3v) is 6.88. The van der Waals surface area contributed by atoms with E-state index in [4.69, 9.17) is 14.5 Å². The van der Waals surface area contributed by atoms with Gasteiger partial charge in [-0.2, -0.15) is 0 Å². The molecule has 8 heteroatoms. The summed E-state index contributed by atoms with van der Waals surface area (Å²) in [6.07, 6.45) is 3.94. The lowest BCUT2D eigenvalue weighted by Crippen LogP contribution is -2.44. The number of imidazole rings is 1. The predicted molar refractivity (Wildman–Crippen MR) is 130 cm³/mol. The number of hydrogen-bond donors (Lipinski definition) is 2. The number of nitrogens with zero attached hydrogens (tertiary/aromatic N) is 4. The van der Waals surface area contributed by atoms with E-state index in [1.165, 1.54) is 0 Å². The van der Waals surface area contributed by atoms with Gasteiger partial charge in [-0.1, -0.05) is 13.5 Å². The summed E-state index contributed by atoms with van der Waals surface area (Å²) in [5, 5.41) is 10.4. The van der Waals surface area contributed by atoms with Gasteiger partial charge in [0, 0.05) is 35.8 Å². The number of hydrogen-bond acceptors (Lipinski definition) is 6. The Hall–Kier alpha value is -3.36. The summed E-state index contributed by atoms with van der Waals surface area (Å²) in [5.41, 5.74) is 5.57. The van der Waals surface area contributed by atoms with Crippen molar-refractivity contribution >= 4 is 16.7 Å². The first-order valence-corrected chi connectivity index (χ1v) is 11.7. The van der Waals surface area contributed by atoms with E-state index in [2.05, 4.69) is 32.8 Å². The fourth-order valence-electron chi connectivity index (χ4n) is 5.00. The van der Waals surface area contributed by atoms with Gasteiger partial charge in [0.2, 0.25) is 0 Å². The normalized spacial score (nSPS) is 21.8. The van der Waals surface area contributed by atoms with Crippen LogP contribution in [0.4, 0.5) is 0 Å². The topological polar surface area (TPSA) is 87.9 Å². The lowest BCUT2D eigenvalue weighted by atomic mass is 9.90. The van der Waals surface area contributed by atoms with Crippen LogP contribution in [0.2, 0.25) is 0 Å². The Balaban J connectivity index is 1.41. The fourth-order valence-corrected chi connectivity index (χ4v) is 5.00. The molecule has 2 saturated heterocycles. The van der Waals surface area contributed by atoms with Crippen molar-refractivity contribution in [1.82, 2.24) is 24.3 Å². The van der Waals surface area contributed by atoms with E-state index in [0.717, 1.165) is 58.4 Å². The quantitative estimate of drug-likeness (QED) is 0.454. The monoisotopic (exact) mass is 459 g/mol. The average Bonchev–Trinajstić information content (AvgIpc) is 3.52. The van der Waals surface area contributed by atoms with E-state index in [1.807, 2.05) is 49.6 Å². The molecule has 2 N–H and O–H groups in total. The number of H-pyrrole nitrogens is 1. The molecule has 2 aliphatic rings. The van der Waals surface area contributed by atoms with Crippen molar-refractivity contribution in [3.05, 3.63) is 60.8 Å². The van der Waals surface area contributed by atoms with Crippen LogP contribution >= 0.6 is 0 Å². The van der Waals surface area contributed by atoms with Crippen LogP contribution in [0.25, 0.3) is 27.9 Å². The number of ether oxygens (including phenoxy) is 2. The van der Waals surface area contributed by atoms with Crippen LogP contribution < -0.4 is 4.74 Å². The zero-order valence-corrected chi connectivity index (χ0v) is 19.5. The Labute approximate surface area is 197 Å². The lowest BCUT2D eigenvalue weighted by molar-refractivity contribution is -0.120. The molecule has 0 bridgehead atoms. The smallest absolute Gasteiger partial charge is 0.154 e. The van der Waals surface area contributed by atoms with Crippen molar-refractivity contribution in [2.45, 2.75) is 32.4 Å². The van der Waals surface area contributed by atoms with Crippen LogP contribution in [0.5, 0.6) is 5.75 Å². The summed E-state index contributed by atoms with van der Waals surface area (Å²) in [6, 6.07) is 10.0. The number of benzene rings is 1. The molecule has 1 aromatic carbocycles. The highest BCUT2D eigenvalue weighted by atomic mass is 16.5. The minimum absolute atomic E-state index is 0.0673. The maximum absolute atomic E-state index is 10.4. The second kappa shape index (κ2) is 7.85. The minimum Gasteiger partial charge on any atom is -0.493 e. The van der Waals surface area contributed by atoms with Crippen molar-refractivity contribution < 1.29 is 14.6 Å². The molecule has 2 fully saturated rings. The first kappa shape index (κ1) is 21.2. The maximum atomic E-state index is 10.4. The maximum Gasteiger partial charge on any atom is 0.154 e. The molecule has 34 heavy (non-hydrogen) atoms. The van der Waals surface area contributed by atoms with E-state index in [1.54, 1.807) is 0 Å². The standard InChI is InChI=1S/C26H29N5O3/c1-16(2)30-12-18(32)10-21(30)25-29-23(22-11-28-24-20(31(22)25)8-9-27-24)17-4-6-19(7-5-17)34-15-26(3)13-33-14-26/h4-9,11,18,21,27,32H,1,10,12-15H2,2-3H3. The number of fused-ring (bicyclic) bond motifs is 3. The Morgan fingerprint density at radius 1 is 1.26 bits per heavy atom. The number of β-amino-alcohol motifs (C(OH)–C–C–N with tert-alkyl or cyclic N) is 1. The van der Waals surface area contributed by atoms with Crippen molar-refractivity contribution in [3.63, 3.8) is 0 Å². The second-order valence-corrected chi connectivity index (χ2v) is 9.92. The summed E-state index contributed by atoms with van der Waals surface area (Å²) >= 11 is 0. The molecule has 0 aliphatic carbocycles. The number of aromatic nitrogens is 4. The average molecular weight is 460 g/mol. The van der Waals surface area contributed by atoms with Gasteiger partial charge < -0.3 is 24.5 Å². The van der Waals surface area contributed by atoms with Gasteiger partial charge in [-0.25, -0.2) is 9.97 Å². The van der Waals surface area contributed by atoms with Crippen LogP contribution in [-0.2, 0) is 4.74 Å². The molecule has 0 radical (unpaired) electrons.